The Morgan fingerprint density at radius 1 is 1.21 bits per heavy atom. The minimum atomic E-state index is 0.526. The zero-order valence-corrected chi connectivity index (χ0v) is 13.4. The second kappa shape index (κ2) is 5.47. The molecule has 0 bridgehead atoms. The van der Waals surface area contributed by atoms with E-state index < -0.39 is 0 Å². The smallest absolute Gasteiger partial charge is 0.154 e. The molecule has 1 aliphatic heterocycles. The molecule has 0 N–H and O–H groups in total. The molecule has 0 unspecified atom stereocenters. The molecule has 122 valence electrons. The molecule has 0 amide bonds. The van der Waals surface area contributed by atoms with E-state index in [1.807, 2.05) is 29.0 Å². The van der Waals surface area contributed by atoms with Crippen LogP contribution in [0.3, 0.4) is 0 Å². The van der Waals surface area contributed by atoms with Crippen molar-refractivity contribution in [2.75, 3.05) is 24.6 Å². The number of hydrogen-bond donors (Lipinski definition) is 0. The fraction of sp³-hybridized carbons (Fsp3) is 0.389. The maximum Gasteiger partial charge on any atom is 0.154 e. The van der Waals surface area contributed by atoms with E-state index in [0.29, 0.717) is 11.8 Å². The van der Waals surface area contributed by atoms with Gasteiger partial charge >= 0.3 is 0 Å². The maximum atomic E-state index is 5.80. The molecule has 6 heteroatoms. The first kappa shape index (κ1) is 13.8. The number of pyridine rings is 1. The predicted molar refractivity (Wildman–Crippen MR) is 90.4 cm³/mol. The summed E-state index contributed by atoms with van der Waals surface area (Å²) in [5.74, 6) is 3.06. The van der Waals surface area contributed by atoms with Gasteiger partial charge < -0.3 is 9.64 Å². The van der Waals surface area contributed by atoms with Crippen LogP contribution in [0.25, 0.3) is 5.52 Å². The Bertz CT molecular complexity index is 852. The Morgan fingerprint density at radius 2 is 2.12 bits per heavy atom. The van der Waals surface area contributed by atoms with E-state index >= 15 is 0 Å². The fourth-order valence-corrected chi connectivity index (χ4v) is 3.24. The lowest BCUT2D eigenvalue weighted by atomic mass is 10.0. The van der Waals surface area contributed by atoms with Crippen molar-refractivity contribution in [1.82, 2.24) is 19.6 Å². The van der Waals surface area contributed by atoms with Gasteiger partial charge in [-0.15, -0.1) is 0 Å². The van der Waals surface area contributed by atoms with Crippen molar-refractivity contribution in [3.8, 4) is 5.75 Å². The number of ether oxygens (including phenoxy) is 1. The molecule has 3 aromatic heterocycles. The monoisotopic (exact) mass is 321 g/mol. The van der Waals surface area contributed by atoms with E-state index in [4.69, 9.17) is 4.74 Å². The summed E-state index contributed by atoms with van der Waals surface area (Å²) in [7, 11) is 0. The Balaban J connectivity index is 1.26. The van der Waals surface area contributed by atoms with Crippen molar-refractivity contribution >= 4 is 11.3 Å². The normalized spacial score (nSPS) is 17.9. The van der Waals surface area contributed by atoms with Crippen LogP contribution in [0, 0.1) is 5.92 Å². The van der Waals surface area contributed by atoms with Crippen molar-refractivity contribution in [2.24, 2.45) is 5.92 Å². The van der Waals surface area contributed by atoms with Crippen LogP contribution in [0.15, 0.2) is 43.0 Å². The van der Waals surface area contributed by atoms with Crippen molar-refractivity contribution < 1.29 is 4.74 Å². The molecule has 24 heavy (non-hydrogen) atoms. The number of nitrogens with zero attached hydrogens (tertiary/aromatic N) is 5. The van der Waals surface area contributed by atoms with Crippen LogP contribution < -0.4 is 9.64 Å². The van der Waals surface area contributed by atoms with Gasteiger partial charge in [0.15, 0.2) is 5.82 Å². The summed E-state index contributed by atoms with van der Waals surface area (Å²) in [6.07, 6.45) is 9.82. The minimum Gasteiger partial charge on any atom is -0.492 e. The third kappa shape index (κ3) is 2.48. The zero-order chi connectivity index (χ0) is 15.9. The van der Waals surface area contributed by atoms with Crippen LogP contribution in [-0.2, 0) is 0 Å². The highest BCUT2D eigenvalue weighted by molar-refractivity contribution is 5.70. The van der Waals surface area contributed by atoms with Gasteiger partial charge in [0.2, 0.25) is 0 Å². The summed E-state index contributed by atoms with van der Waals surface area (Å²) in [6.45, 7) is 2.66. The summed E-state index contributed by atoms with van der Waals surface area (Å²) in [5.41, 5.74) is 2.33. The fourth-order valence-electron chi connectivity index (χ4n) is 3.24. The number of hydrogen-bond acceptors (Lipinski definition) is 5. The molecule has 2 aliphatic rings. The lowest BCUT2D eigenvalue weighted by molar-refractivity contribution is 0.219. The lowest BCUT2D eigenvalue weighted by Crippen LogP contribution is -2.49. The van der Waals surface area contributed by atoms with Crippen LogP contribution in [0.2, 0.25) is 0 Å². The van der Waals surface area contributed by atoms with Crippen molar-refractivity contribution in [1.29, 1.82) is 0 Å². The SMILES string of the molecule is c1cncc(OCC2CN(c3nccn4nc(C5CC5)cc34)C2)c1. The van der Waals surface area contributed by atoms with Gasteiger partial charge in [0.05, 0.1) is 18.5 Å². The van der Waals surface area contributed by atoms with Gasteiger partial charge in [-0.2, -0.15) is 5.10 Å². The topological polar surface area (TPSA) is 55.5 Å². The standard InChI is InChI=1S/C18H19N5O/c1-2-15(9-19-5-1)24-12-13-10-22(11-13)18-17-8-16(14-3-4-14)21-23(17)7-6-20-18/h1-2,5-9,13-14H,3-4,10-12H2. The summed E-state index contributed by atoms with van der Waals surface area (Å²) in [6, 6.07) is 6.04. The zero-order valence-electron chi connectivity index (χ0n) is 13.4. The Hall–Kier alpha value is -2.63. The third-order valence-electron chi connectivity index (χ3n) is 4.76. The number of rotatable bonds is 5. The molecule has 1 saturated carbocycles. The lowest BCUT2D eigenvalue weighted by Gasteiger charge is -2.40. The van der Waals surface area contributed by atoms with Crippen LogP contribution in [-0.4, -0.2) is 39.3 Å². The van der Waals surface area contributed by atoms with Crippen molar-refractivity contribution in [3.05, 3.63) is 48.7 Å². The largest absolute Gasteiger partial charge is 0.492 e. The minimum absolute atomic E-state index is 0.526. The Morgan fingerprint density at radius 3 is 2.92 bits per heavy atom. The Kier molecular flexibility index (Phi) is 3.14. The summed E-state index contributed by atoms with van der Waals surface area (Å²) in [4.78, 5) is 11.0. The molecule has 3 aromatic rings. The Labute approximate surface area is 140 Å². The van der Waals surface area contributed by atoms with E-state index in [2.05, 4.69) is 26.0 Å². The van der Waals surface area contributed by atoms with Crippen LogP contribution in [0.5, 0.6) is 5.75 Å². The van der Waals surface area contributed by atoms with E-state index in [9.17, 15) is 0 Å². The average Bonchev–Trinajstić information content (AvgIpc) is 3.33. The third-order valence-corrected chi connectivity index (χ3v) is 4.76. The van der Waals surface area contributed by atoms with Gasteiger partial charge in [0.25, 0.3) is 0 Å². The second-order valence-electron chi connectivity index (χ2n) is 6.69. The van der Waals surface area contributed by atoms with E-state index in [1.165, 1.54) is 18.5 Å². The first-order valence-corrected chi connectivity index (χ1v) is 8.49. The molecular formula is C18H19N5O. The first-order chi connectivity index (χ1) is 11.9. The van der Waals surface area contributed by atoms with Gasteiger partial charge in [-0.1, -0.05) is 0 Å². The van der Waals surface area contributed by atoms with E-state index in [-0.39, 0.29) is 0 Å². The molecule has 5 rings (SSSR count). The molecule has 6 nitrogen and oxygen atoms in total. The van der Waals surface area contributed by atoms with Crippen molar-refractivity contribution in [3.63, 3.8) is 0 Å². The number of aromatic nitrogens is 4. The molecule has 4 heterocycles. The highest BCUT2D eigenvalue weighted by Gasteiger charge is 2.31. The molecule has 0 radical (unpaired) electrons. The molecule has 0 spiro atoms. The number of anilines is 1. The molecule has 2 fully saturated rings. The van der Waals surface area contributed by atoms with Gasteiger partial charge in [-0.3, -0.25) is 4.98 Å². The molecule has 1 aliphatic carbocycles. The number of fused-ring (bicyclic) bond motifs is 1. The van der Waals surface area contributed by atoms with Crippen LogP contribution in [0.4, 0.5) is 5.82 Å². The highest BCUT2D eigenvalue weighted by Crippen LogP contribution is 2.40. The second-order valence-corrected chi connectivity index (χ2v) is 6.69. The van der Waals surface area contributed by atoms with Gasteiger partial charge in [-0.25, -0.2) is 9.50 Å². The van der Waals surface area contributed by atoms with Crippen LogP contribution in [0.1, 0.15) is 24.5 Å². The van der Waals surface area contributed by atoms with Gasteiger partial charge in [-0.05, 0) is 31.0 Å². The van der Waals surface area contributed by atoms with Gasteiger partial charge in [0, 0.05) is 43.5 Å². The summed E-state index contributed by atoms with van der Waals surface area (Å²) < 4.78 is 7.77. The molecule has 1 saturated heterocycles. The van der Waals surface area contributed by atoms with Crippen molar-refractivity contribution in [2.45, 2.75) is 18.8 Å². The predicted octanol–water partition coefficient (Wildman–Crippen LogP) is 2.52. The van der Waals surface area contributed by atoms with Crippen LogP contribution >= 0.6 is 0 Å². The van der Waals surface area contributed by atoms with Gasteiger partial charge in [0.1, 0.15) is 11.3 Å². The first-order valence-electron chi connectivity index (χ1n) is 8.49. The maximum absolute atomic E-state index is 5.80. The highest BCUT2D eigenvalue weighted by atomic mass is 16.5. The molecule has 0 aromatic carbocycles. The summed E-state index contributed by atoms with van der Waals surface area (Å²) in [5, 5.41) is 4.69. The molecule has 0 atom stereocenters. The quantitative estimate of drug-likeness (QED) is 0.723. The van der Waals surface area contributed by atoms with E-state index in [1.54, 1.807) is 12.4 Å². The van der Waals surface area contributed by atoms with E-state index in [0.717, 1.165) is 36.8 Å². The molecular weight excluding hydrogens is 302 g/mol. The summed E-state index contributed by atoms with van der Waals surface area (Å²) >= 11 is 0. The average molecular weight is 321 g/mol.